The largest absolute Gasteiger partial charge is 0.490 e. The maximum Gasteiger partial charge on any atom is 0.337 e. The fourth-order valence-corrected chi connectivity index (χ4v) is 2.66. The normalized spacial score (nSPS) is 19.1. The molecule has 2 rings (SSSR count). The number of aliphatic carboxylic acids is 1. The Labute approximate surface area is 155 Å². The average molecular weight is 385 g/mol. The van der Waals surface area contributed by atoms with Crippen molar-refractivity contribution in [3.8, 4) is 5.75 Å². The predicted molar refractivity (Wildman–Crippen MR) is 92.9 cm³/mol. The topological polar surface area (TPSA) is 116 Å². The number of hydrogen-bond acceptors (Lipinski definition) is 5. The van der Waals surface area contributed by atoms with Gasteiger partial charge in [0.05, 0.1) is 24.0 Å². The zero-order chi connectivity index (χ0) is 19.3. The molecule has 142 valence electrons. The van der Waals surface area contributed by atoms with Crippen molar-refractivity contribution in [2.24, 2.45) is 5.92 Å². The second-order valence-corrected chi connectivity index (χ2v) is 6.72. The molecule has 0 saturated carbocycles. The Morgan fingerprint density at radius 2 is 2.12 bits per heavy atom. The van der Waals surface area contributed by atoms with Gasteiger partial charge in [-0.1, -0.05) is 23.7 Å². The molecular weight excluding hydrogens is 364 g/mol. The van der Waals surface area contributed by atoms with E-state index in [4.69, 9.17) is 21.4 Å². The van der Waals surface area contributed by atoms with Crippen LogP contribution in [0.4, 0.5) is 0 Å². The average Bonchev–Trinajstić information content (AvgIpc) is 2.95. The van der Waals surface area contributed by atoms with Gasteiger partial charge in [-0.2, -0.15) is 0 Å². The first kappa shape index (κ1) is 20.0. The number of carbonyl (C=O) groups is 3. The molecule has 0 aliphatic carbocycles. The smallest absolute Gasteiger partial charge is 0.337 e. The Morgan fingerprint density at radius 1 is 1.42 bits per heavy atom. The molecule has 2 amide bonds. The molecule has 2 atom stereocenters. The number of para-hydroxylation sites is 1. The van der Waals surface area contributed by atoms with Crippen molar-refractivity contribution in [2.75, 3.05) is 26.2 Å². The van der Waals surface area contributed by atoms with Crippen LogP contribution in [0.1, 0.15) is 13.3 Å². The van der Waals surface area contributed by atoms with E-state index in [9.17, 15) is 19.5 Å². The molecule has 26 heavy (non-hydrogen) atoms. The molecule has 1 saturated heterocycles. The lowest BCUT2D eigenvalue weighted by atomic mass is 10.1. The van der Waals surface area contributed by atoms with Gasteiger partial charge in [-0.25, -0.2) is 4.79 Å². The molecule has 8 nitrogen and oxygen atoms in total. The van der Waals surface area contributed by atoms with Crippen LogP contribution in [0.25, 0.3) is 0 Å². The number of amides is 2. The highest BCUT2D eigenvalue weighted by Gasteiger charge is 2.36. The minimum atomic E-state index is -2.05. The molecule has 0 radical (unpaired) electrons. The fourth-order valence-electron chi connectivity index (χ4n) is 2.47. The minimum Gasteiger partial charge on any atom is -0.490 e. The van der Waals surface area contributed by atoms with Crippen molar-refractivity contribution in [2.45, 2.75) is 18.9 Å². The number of nitrogens with one attached hydrogen (secondary N) is 1. The molecule has 0 spiro atoms. The van der Waals surface area contributed by atoms with Gasteiger partial charge in [0, 0.05) is 13.0 Å². The van der Waals surface area contributed by atoms with Crippen molar-refractivity contribution in [3.05, 3.63) is 29.3 Å². The van der Waals surface area contributed by atoms with Crippen LogP contribution in [0.15, 0.2) is 24.3 Å². The molecule has 1 aromatic carbocycles. The number of hydrogen-bond donors (Lipinski definition) is 3. The van der Waals surface area contributed by atoms with E-state index in [-0.39, 0.29) is 25.5 Å². The lowest BCUT2D eigenvalue weighted by Crippen LogP contribution is -2.48. The number of aliphatic hydroxyl groups is 1. The Hall–Kier alpha value is -2.32. The number of nitrogens with zero attached hydrogens (tertiary/aromatic N) is 1. The first-order chi connectivity index (χ1) is 12.2. The summed E-state index contributed by atoms with van der Waals surface area (Å²) in [5, 5.41) is 21.3. The Balaban J connectivity index is 1.79. The third-order valence-corrected chi connectivity index (χ3v) is 4.42. The highest BCUT2D eigenvalue weighted by Crippen LogP contribution is 2.23. The zero-order valence-corrected chi connectivity index (χ0v) is 15.0. The highest BCUT2D eigenvalue weighted by molar-refractivity contribution is 6.32. The number of rotatable bonds is 8. The Kier molecular flexibility index (Phi) is 6.44. The van der Waals surface area contributed by atoms with E-state index in [1.807, 2.05) is 0 Å². The van der Waals surface area contributed by atoms with Gasteiger partial charge < -0.3 is 25.2 Å². The molecule has 1 aliphatic rings. The Bertz CT molecular complexity index is 694. The summed E-state index contributed by atoms with van der Waals surface area (Å²) in [6.07, 6.45) is 0.0349. The number of likely N-dealkylation sites (tertiary alicyclic amines) is 1. The summed E-state index contributed by atoms with van der Waals surface area (Å²) in [4.78, 5) is 36.5. The Morgan fingerprint density at radius 3 is 2.77 bits per heavy atom. The van der Waals surface area contributed by atoms with E-state index in [2.05, 4.69) is 5.32 Å². The lowest BCUT2D eigenvalue weighted by molar-refractivity contribution is -0.156. The maximum absolute atomic E-state index is 12.1. The molecule has 1 fully saturated rings. The fraction of sp³-hybridized carbons (Fsp3) is 0.471. The first-order valence-corrected chi connectivity index (χ1v) is 8.47. The van der Waals surface area contributed by atoms with Gasteiger partial charge in [0.1, 0.15) is 12.4 Å². The van der Waals surface area contributed by atoms with Crippen LogP contribution >= 0.6 is 11.6 Å². The maximum atomic E-state index is 12.1. The second-order valence-electron chi connectivity index (χ2n) is 6.32. The number of ether oxygens (including phenoxy) is 1. The van der Waals surface area contributed by atoms with Crippen LogP contribution < -0.4 is 10.1 Å². The standard InChI is InChI=1S/C17H21ClN2O6/c1-17(25,16(23)24)10-19-15(22)11-8-14(21)20(9-11)6-7-26-13-5-3-2-4-12(13)18/h2-5,11,25H,6-10H2,1H3,(H,19,22)(H,23,24). The number of carbonyl (C=O) groups excluding carboxylic acids is 2. The minimum absolute atomic E-state index is 0.0349. The van der Waals surface area contributed by atoms with Crippen LogP contribution in [-0.4, -0.2) is 64.7 Å². The third kappa shape index (κ3) is 5.09. The monoisotopic (exact) mass is 384 g/mol. The van der Waals surface area contributed by atoms with Gasteiger partial charge in [0.15, 0.2) is 5.60 Å². The van der Waals surface area contributed by atoms with Crippen molar-refractivity contribution in [1.29, 1.82) is 0 Å². The van der Waals surface area contributed by atoms with Gasteiger partial charge >= 0.3 is 5.97 Å². The van der Waals surface area contributed by atoms with Crippen molar-refractivity contribution >= 4 is 29.4 Å². The van der Waals surface area contributed by atoms with Crippen LogP contribution in [0.3, 0.4) is 0 Å². The van der Waals surface area contributed by atoms with Crippen molar-refractivity contribution in [3.63, 3.8) is 0 Å². The summed E-state index contributed by atoms with van der Waals surface area (Å²) in [6, 6.07) is 6.99. The molecule has 2 unspecified atom stereocenters. The quantitative estimate of drug-likeness (QED) is 0.601. The summed E-state index contributed by atoms with van der Waals surface area (Å²) < 4.78 is 5.54. The molecule has 0 bridgehead atoms. The number of halogens is 1. The number of carboxylic acids is 1. The first-order valence-electron chi connectivity index (χ1n) is 8.09. The van der Waals surface area contributed by atoms with Gasteiger partial charge in [0.25, 0.3) is 0 Å². The summed E-state index contributed by atoms with van der Waals surface area (Å²) >= 11 is 5.99. The van der Waals surface area contributed by atoms with E-state index in [0.717, 1.165) is 6.92 Å². The number of benzene rings is 1. The summed E-state index contributed by atoms with van der Waals surface area (Å²) in [7, 11) is 0. The highest BCUT2D eigenvalue weighted by atomic mass is 35.5. The number of carboxylic acid groups (broad SMARTS) is 1. The third-order valence-electron chi connectivity index (χ3n) is 4.11. The van der Waals surface area contributed by atoms with Gasteiger partial charge in [-0.15, -0.1) is 0 Å². The van der Waals surface area contributed by atoms with E-state index >= 15 is 0 Å². The predicted octanol–water partition coefficient (Wildman–Crippen LogP) is 0.519. The van der Waals surface area contributed by atoms with Crippen LogP contribution in [-0.2, 0) is 14.4 Å². The van der Waals surface area contributed by atoms with E-state index in [1.165, 1.54) is 4.90 Å². The van der Waals surface area contributed by atoms with E-state index < -0.39 is 29.9 Å². The van der Waals surface area contributed by atoms with Crippen LogP contribution in [0.5, 0.6) is 5.75 Å². The molecule has 1 aromatic rings. The second kappa shape index (κ2) is 8.37. The zero-order valence-electron chi connectivity index (χ0n) is 14.3. The van der Waals surface area contributed by atoms with Crippen molar-refractivity contribution < 1.29 is 29.3 Å². The summed E-state index contributed by atoms with van der Waals surface area (Å²) in [5.74, 6) is -2.15. The molecule has 3 N–H and O–H groups in total. The molecule has 0 aromatic heterocycles. The molecular formula is C17H21ClN2O6. The molecule has 9 heteroatoms. The van der Waals surface area contributed by atoms with Gasteiger partial charge in [-0.3, -0.25) is 9.59 Å². The van der Waals surface area contributed by atoms with Crippen LogP contribution in [0.2, 0.25) is 5.02 Å². The van der Waals surface area contributed by atoms with Crippen molar-refractivity contribution in [1.82, 2.24) is 10.2 Å². The summed E-state index contributed by atoms with van der Waals surface area (Å²) in [6.45, 7) is 1.42. The van der Waals surface area contributed by atoms with Crippen LogP contribution in [0, 0.1) is 5.92 Å². The SMILES string of the molecule is CC(O)(CNC(=O)C1CC(=O)N(CCOc2ccccc2Cl)C1)C(=O)O. The van der Waals surface area contributed by atoms with Gasteiger partial charge in [0.2, 0.25) is 11.8 Å². The molecule has 1 heterocycles. The van der Waals surface area contributed by atoms with E-state index in [0.29, 0.717) is 17.3 Å². The lowest BCUT2D eigenvalue weighted by Gasteiger charge is -2.20. The van der Waals surface area contributed by atoms with E-state index in [1.54, 1.807) is 24.3 Å². The summed E-state index contributed by atoms with van der Waals surface area (Å²) in [5.41, 5.74) is -2.05. The van der Waals surface area contributed by atoms with Gasteiger partial charge in [-0.05, 0) is 19.1 Å². The molecule has 1 aliphatic heterocycles.